The Labute approximate surface area is 207 Å². The van der Waals surface area contributed by atoms with Crippen LogP contribution in [0.25, 0.3) is 0 Å². The molecule has 1 fully saturated rings. The zero-order valence-corrected chi connectivity index (χ0v) is 21.1. The summed E-state index contributed by atoms with van der Waals surface area (Å²) in [6.45, 7) is 8.58. The van der Waals surface area contributed by atoms with Gasteiger partial charge in [-0.15, -0.1) is 0 Å². The number of amides is 2. The molecule has 9 heteroatoms. The topological polar surface area (TPSA) is 73.8 Å². The first-order valence-electron chi connectivity index (χ1n) is 12.8. The van der Waals surface area contributed by atoms with Crippen LogP contribution < -0.4 is 19.9 Å². The molecule has 2 aliphatic rings. The number of methoxy groups -OCH3 is 1. The Bertz CT molecular complexity index is 1010. The summed E-state index contributed by atoms with van der Waals surface area (Å²) in [6, 6.07) is 4.67. The number of anilines is 3. The third-order valence-electron chi connectivity index (χ3n) is 7.06. The molecule has 4 rings (SSSR count). The lowest BCUT2D eigenvalue weighted by Gasteiger charge is -2.39. The molecule has 0 bridgehead atoms. The fourth-order valence-corrected chi connectivity index (χ4v) is 5.01. The van der Waals surface area contributed by atoms with Crippen LogP contribution in [-0.2, 0) is 6.54 Å². The van der Waals surface area contributed by atoms with Crippen LogP contribution in [0.4, 0.5) is 26.6 Å². The van der Waals surface area contributed by atoms with Crippen molar-refractivity contribution in [2.75, 3.05) is 48.4 Å². The van der Waals surface area contributed by atoms with E-state index >= 15 is 4.39 Å². The van der Waals surface area contributed by atoms with Crippen molar-refractivity contribution >= 4 is 23.5 Å². The molecule has 2 amide bonds. The Kier molecular flexibility index (Phi) is 8.38. The van der Waals surface area contributed by atoms with Gasteiger partial charge in [-0.2, -0.15) is 4.98 Å². The zero-order valence-electron chi connectivity index (χ0n) is 21.1. The second kappa shape index (κ2) is 11.7. The van der Waals surface area contributed by atoms with E-state index in [4.69, 9.17) is 9.72 Å². The van der Waals surface area contributed by atoms with E-state index in [2.05, 4.69) is 29.0 Å². The number of hydrogen-bond donors (Lipinski definition) is 1. The van der Waals surface area contributed by atoms with Gasteiger partial charge in [-0.3, -0.25) is 9.80 Å². The van der Waals surface area contributed by atoms with Gasteiger partial charge >= 0.3 is 6.03 Å². The highest BCUT2D eigenvalue weighted by molar-refractivity contribution is 6.06. The molecule has 1 N–H and O–H groups in total. The normalized spacial score (nSPS) is 16.2. The van der Waals surface area contributed by atoms with Crippen LogP contribution >= 0.6 is 0 Å². The monoisotopic (exact) mass is 484 g/mol. The minimum atomic E-state index is -0.540. The van der Waals surface area contributed by atoms with Crippen LogP contribution in [0.5, 0.6) is 5.75 Å². The number of carbonyl (C=O) groups excluding carboxylic acids is 1. The van der Waals surface area contributed by atoms with Gasteiger partial charge in [0.1, 0.15) is 5.82 Å². The summed E-state index contributed by atoms with van der Waals surface area (Å²) in [4.78, 5) is 28.6. The van der Waals surface area contributed by atoms with Gasteiger partial charge in [0.25, 0.3) is 0 Å². The van der Waals surface area contributed by atoms with Gasteiger partial charge in [0.2, 0.25) is 5.95 Å². The van der Waals surface area contributed by atoms with Gasteiger partial charge < -0.3 is 15.0 Å². The van der Waals surface area contributed by atoms with Crippen molar-refractivity contribution in [1.82, 2.24) is 14.9 Å². The van der Waals surface area contributed by atoms with Gasteiger partial charge in [-0.25, -0.2) is 14.2 Å². The first kappa shape index (κ1) is 25.2. The molecule has 190 valence electrons. The van der Waals surface area contributed by atoms with Crippen molar-refractivity contribution in [2.45, 2.75) is 65.0 Å². The van der Waals surface area contributed by atoms with Gasteiger partial charge in [-0.05, 0) is 57.5 Å². The van der Waals surface area contributed by atoms with Crippen molar-refractivity contribution in [3.8, 4) is 5.75 Å². The maximum atomic E-state index is 15.1. The molecule has 2 aromatic rings. The Morgan fingerprint density at radius 2 is 1.97 bits per heavy atom. The van der Waals surface area contributed by atoms with E-state index < -0.39 is 5.82 Å². The minimum absolute atomic E-state index is 0.0505. The minimum Gasteiger partial charge on any atom is -0.494 e. The molecule has 1 aliphatic carbocycles. The molecule has 0 saturated heterocycles. The van der Waals surface area contributed by atoms with Crippen LogP contribution in [0.15, 0.2) is 24.4 Å². The molecule has 1 aromatic heterocycles. The summed E-state index contributed by atoms with van der Waals surface area (Å²) in [5, 5.41) is 3.33. The summed E-state index contributed by atoms with van der Waals surface area (Å²) in [7, 11) is 1.42. The highest BCUT2D eigenvalue weighted by Crippen LogP contribution is 2.38. The zero-order chi connectivity index (χ0) is 24.8. The number of urea groups is 1. The van der Waals surface area contributed by atoms with Gasteiger partial charge in [0.05, 0.1) is 19.3 Å². The second-order valence-corrected chi connectivity index (χ2v) is 9.17. The predicted molar refractivity (Wildman–Crippen MR) is 137 cm³/mol. The molecule has 0 unspecified atom stereocenters. The molecular formula is C26H37FN6O2. The lowest BCUT2D eigenvalue weighted by atomic mass is 10.1. The maximum Gasteiger partial charge on any atom is 0.330 e. The molecule has 0 radical (unpaired) electrons. The summed E-state index contributed by atoms with van der Waals surface area (Å²) in [6.07, 6.45) is 7.86. The van der Waals surface area contributed by atoms with Crippen LogP contribution in [0.1, 0.15) is 57.9 Å². The summed E-state index contributed by atoms with van der Waals surface area (Å²) in [5.74, 6) is 0.748. The molecule has 35 heavy (non-hydrogen) atoms. The number of nitrogens with zero attached hydrogens (tertiary/aromatic N) is 5. The van der Waals surface area contributed by atoms with E-state index in [0.29, 0.717) is 11.8 Å². The first-order chi connectivity index (χ1) is 17.1. The number of unbranched alkanes of at least 4 members (excludes halogenated alkanes) is 1. The maximum absolute atomic E-state index is 15.1. The number of halogens is 1. The number of benzene rings is 1. The molecule has 0 atom stereocenters. The smallest absolute Gasteiger partial charge is 0.330 e. The van der Waals surface area contributed by atoms with Crippen molar-refractivity contribution in [1.29, 1.82) is 0 Å². The SMILES string of the molecule is CCN(CC)CCCCNc1ncc2c(n1)N(C1CCCC1)C(=O)N(c1cccc(OC)c1F)C2. The number of hydrogen-bond acceptors (Lipinski definition) is 6. The van der Waals surface area contributed by atoms with Crippen LogP contribution in [0.2, 0.25) is 0 Å². The fourth-order valence-electron chi connectivity index (χ4n) is 5.01. The van der Waals surface area contributed by atoms with Gasteiger partial charge in [0, 0.05) is 24.3 Å². The van der Waals surface area contributed by atoms with E-state index in [1.54, 1.807) is 29.3 Å². The molecule has 2 heterocycles. The lowest BCUT2D eigenvalue weighted by molar-refractivity contribution is 0.247. The molecule has 0 spiro atoms. The Balaban J connectivity index is 1.54. The summed E-state index contributed by atoms with van der Waals surface area (Å²) >= 11 is 0. The fraction of sp³-hybridized carbons (Fsp3) is 0.577. The van der Waals surface area contributed by atoms with E-state index in [-0.39, 0.29) is 30.1 Å². The standard InChI is InChI=1S/C26H37FN6O2/c1-4-31(5-2)16-9-8-15-28-25-29-17-19-18-32(21-13-10-14-22(35-3)23(21)27)26(34)33(24(19)30-25)20-11-6-7-12-20/h10,13-14,17,20H,4-9,11-12,15-16,18H2,1-3H3,(H,28,29,30). The highest BCUT2D eigenvalue weighted by Gasteiger charge is 2.39. The van der Waals surface area contributed by atoms with E-state index in [1.807, 2.05) is 0 Å². The van der Waals surface area contributed by atoms with Gasteiger partial charge in [-0.1, -0.05) is 32.8 Å². The number of ether oxygens (including phenoxy) is 1. The molecule has 8 nitrogen and oxygen atoms in total. The summed E-state index contributed by atoms with van der Waals surface area (Å²) in [5.41, 5.74) is 1.02. The van der Waals surface area contributed by atoms with E-state index in [0.717, 1.165) is 70.3 Å². The van der Waals surface area contributed by atoms with Crippen molar-refractivity contribution in [3.63, 3.8) is 0 Å². The number of rotatable bonds is 11. The van der Waals surface area contributed by atoms with Crippen molar-refractivity contribution in [3.05, 3.63) is 35.8 Å². The van der Waals surface area contributed by atoms with E-state index in [1.165, 1.54) is 12.0 Å². The predicted octanol–water partition coefficient (Wildman–Crippen LogP) is 5.05. The van der Waals surface area contributed by atoms with Gasteiger partial charge in [0.15, 0.2) is 11.6 Å². The molecule has 1 aliphatic heterocycles. The van der Waals surface area contributed by atoms with Crippen LogP contribution in [0, 0.1) is 5.82 Å². The summed E-state index contributed by atoms with van der Waals surface area (Å²) < 4.78 is 20.2. The van der Waals surface area contributed by atoms with Crippen molar-refractivity contribution in [2.24, 2.45) is 0 Å². The first-order valence-corrected chi connectivity index (χ1v) is 12.8. The molecular weight excluding hydrogens is 447 g/mol. The Morgan fingerprint density at radius 3 is 2.69 bits per heavy atom. The second-order valence-electron chi connectivity index (χ2n) is 9.17. The third-order valence-corrected chi connectivity index (χ3v) is 7.06. The number of nitrogens with one attached hydrogen (secondary N) is 1. The largest absolute Gasteiger partial charge is 0.494 e. The Morgan fingerprint density at radius 1 is 1.20 bits per heavy atom. The highest BCUT2D eigenvalue weighted by atomic mass is 19.1. The average molecular weight is 485 g/mol. The quantitative estimate of drug-likeness (QED) is 0.450. The number of aromatic nitrogens is 2. The lowest BCUT2D eigenvalue weighted by Crippen LogP contribution is -2.52. The molecule has 1 aromatic carbocycles. The number of fused-ring (bicyclic) bond motifs is 1. The van der Waals surface area contributed by atoms with Crippen LogP contribution in [0.3, 0.4) is 0 Å². The third kappa shape index (κ3) is 5.50. The molecule has 1 saturated carbocycles. The average Bonchev–Trinajstić information content (AvgIpc) is 3.40. The van der Waals surface area contributed by atoms with E-state index in [9.17, 15) is 4.79 Å². The number of carbonyl (C=O) groups is 1. The van der Waals surface area contributed by atoms with Crippen molar-refractivity contribution < 1.29 is 13.9 Å². The Hall–Kier alpha value is -2.94. The van der Waals surface area contributed by atoms with Crippen LogP contribution in [-0.4, -0.2) is 60.2 Å².